The molecule has 1 aromatic carbocycles. The summed E-state index contributed by atoms with van der Waals surface area (Å²) in [6, 6.07) is 8.17. The highest BCUT2D eigenvalue weighted by atomic mass is 32.1. The lowest BCUT2D eigenvalue weighted by atomic mass is 10.1. The number of nitrogens with one attached hydrogen (secondary N) is 1. The average Bonchev–Trinajstić information content (AvgIpc) is 2.84. The first-order valence-corrected chi connectivity index (χ1v) is 7.28. The number of rotatable bonds is 5. The fourth-order valence-corrected chi connectivity index (χ4v) is 2.71. The highest BCUT2D eigenvalue weighted by molar-refractivity contribution is 7.10. The second-order valence-electron chi connectivity index (χ2n) is 4.72. The molecule has 0 aliphatic heterocycles. The van der Waals surface area contributed by atoms with Crippen LogP contribution < -0.4 is 11.1 Å². The summed E-state index contributed by atoms with van der Waals surface area (Å²) in [6.45, 7) is 2.54. The molecule has 0 saturated carbocycles. The lowest BCUT2D eigenvalue weighted by Gasteiger charge is -2.12. The zero-order valence-corrected chi connectivity index (χ0v) is 12.1. The van der Waals surface area contributed by atoms with E-state index >= 15 is 0 Å². The van der Waals surface area contributed by atoms with Gasteiger partial charge < -0.3 is 16.2 Å². The summed E-state index contributed by atoms with van der Waals surface area (Å²) in [6.07, 6.45) is 0.454. The lowest BCUT2D eigenvalue weighted by molar-refractivity contribution is -0.122. The highest BCUT2D eigenvalue weighted by Gasteiger charge is 2.14. The van der Waals surface area contributed by atoms with Crippen LogP contribution in [0.4, 0.5) is 0 Å². The molecule has 1 amide bonds. The highest BCUT2D eigenvalue weighted by Crippen LogP contribution is 2.15. The fourth-order valence-electron chi connectivity index (χ4n) is 1.86. The molecule has 1 atom stereocenters. The Morgan fingerprint density at radius 3 is 2.65 bits per heavy atom. The molecule has 106 valence electrons. The molecule has 2 rings (SSSR count). The predicted molar refractivity (Wildman–Crippen MR) is 80.7 cm³/mol. The quantitative estimate of drug-likeness (QED) is 0.788. The number of aromatic hydroxyl groups is 1. The maximum absolute atomic E-state index is 11.9. The molecule has 20 heavy (non-hydrogen) atoms. The Bertz CT molecular complexity index is 578. The van der Waals surface area contributed by atoms with Crippen molar-refractivity contribution < 1.29 is 9.90 Å². The molecule has 0 saturated heterocycles. The third-order valence-corrected chi connectivity index (χ3v) is 4.14. The molecular formula is C15H18N2O2S. The number of phenols is 1. The molecule has 2 aromatic rings. The number of benzene rings is 1. The van der Waals surface area contributed by atoms with E-state index in [1.807, 2.05) is 18.4 Å². The molecule has 0 spiro atoms. The maximum Gasteiger partial charge on any atom is 0.237 e. The zero-order chi connectivity index (χ0) is 14.5. The van der Waals surface area contributed by atoms with Gasteiger partial charge in [0.2, 0.25) is 5.91 Å². The normalized spacial score (nSPS) is 12.1. The van der Waals surface area contributed by atoms with Crippen molar-refractivity contribution in [2.24, 2.45) is 5.73 Å². The SMILES string of the molecule is Cc1ccsc1CNC(=O)C(N)Cc1ccc(O)cc1. The number of phenolic OH excluding ortho intramolecular Hbond substituents is 1. The van der Waals surface area contributed by atoms with Gasteiger partial charge in [0.15, 0.2) is 0 Å². The molecule has 1 unspecified atom stereocenters. The summed E-state index contributed by atoms with van der Waals surface area (Å²) in [5.41, 5.74) is 8.00. The summed E-state index contributed by atoms with van der Waals surface area (Å²) in [7, 11) is 0. The molecule has 5 heteroatoms. The Balaban J connectivity index is 1.86. The number of carbonyl (C=O) groups is 1. The minimum absolute atomic E-state index is 0.161. The van der Waals surface area contributed by atoms with E-state index in [-0.39, 0.29) is 11.7 Å². The van der Waals surface area contributed by atoms with Gasteiger partial charge in [-0.15, -0.1) is 11.3 Å². The predicted octanol–water partition coefficient (Wildman–Crippen LogP) is 1.95. The van der Waals surface area contributed by atoms with Gasteiger partial charge in [-0.2, -0.15) is 0 Å². The van der Waals surface area contributed by atoms with Crippen molar-refractivity contribution in [1.82, 2.24) is 5.32 Å². The van der Waals surface area contributed by atoms with Crippen LogP contribution in [-0.4, -0.2) is 17.1 Å². The van der Waals surface area contributed by atoms with Crippen LogP contribution in [0.3, 0.4) is 0 Å². The number of amides is 1. The van der Waals surface area contributed by atoms with E-state index < -0.39 is 6.04 Å². The van der Waals surface area contributed by atoms with Gasteiger partial charge in [-0.3, -0.25) is 4.79 Å². The van der Waals surface area contributed by atoms with Crippen LogP contribution in [0.15, 0.2) is 35.7 Å². The molecule has 1 aromatic heterocycles. The molecule has 4 N–H and O–H groups in total. The Hall–Kier alpha value is -1.85. The molecule has 0 radical (unpaired) electrons. The average molecular weight is 290 g/mol. The van der Waals surface area contributed by atoms with E-state index in [4.69, 9.17) is 5.73 Å². The van der Waals surface area contributed by atoms with Gasteiger partial charge in [-0.1, -0.05) is 12.1 Å². The van der Waals surface area contributed by atoms with Gasteiger partial charge in [-0.25, -0.2) is 0 Å². The second kappa shape index (κ2) is 6.54. The standard InChI is InChI=1S/C15H18N2O2S/c1-10-6-7-20-14(10)9-17-15(19)13(16)8-11-2-4-12(18)5-3-11/h2-7,13,18H,8-9,16H2,1H3,(H,17,19). The number of hydrogen-bond acceptors (Lipinski definition) is 4. The van der Waals surface area contributed by atoms with Crippen LogP contribution in [0.2, 0.25) is 0 Å². The number of hydrogen-bond donors (Lipinski definition) is 3. The summed E-state index contributed by atoms with van der Waals surface area (Å²) in [4.78, 5) is 13.1. The maximum atomic E-state index is 11.9. The van der Waals surface area contributed by atoms with E-state index in [1.54, 1.807) is 35.6 Å². The van der Waals surface area contributed by atoms with Crippen LogP contribution >= 0.6 is 11.3 Å². The van der Waals surface area contributed by atoms with Crippen molar-refractivity contribution in [1.29, 1.82) is 0 Å². The first-order chi connectivity index (χ1) is 9.56. The number of nitrogens with two attached hydrogens (primary N) is 1. The Morgan fingerprint density at radius 2 is 2.05 bits per heavy atom. The van der Waals surface area contributed by atoms with Gasteiger partial charge in [0.1, 0.15) is 5.75 Å². The van der Waals surface area contributed by atoms with E-state index in [9.17, 15) is 9.90 Å². The summed E-state index contributed by atoms with van der Waals surface area (Å²) < 4.78 is 0. The summed E-state index contributed by atoms with van der Waals surface area (Å²) in [5.74, 6) is 0.0471. The Kier molecular flexibility index (Phi) is 4.76. The molecule has 0 bridgehead atoms. The summed E-state index contributed by atoms with van der Waals surface area (Å²) >= 11 is 1.63. The van der Waals surface area contributed by atoms with Crippen LogP contribution in [0.5, 0.6) is 5.75 Å². The van der Waals surface area contributed by atoms with Crippen LogP contribution in [-0.2, 0) is 17.8 Å². The van der Waals surface area contributed by atoms with E-state index in [0.717, 1.165) is 10.4 Å². The number of thiophene rings is 1. The van der Waals surface area contributed by atoms with Gasteiger partial charge in [0, 0.05) is 4.88 Å². The third-order valence-electron chi connectivity index (χ3n) is 3.12. The molecule has 0 fully saturated rings. The molecular weight excluding hydrogens is 272 g/mol. The molecule has 4 nitrogen and oxygen atoms in total. The van der Waals surface area contributed by atoms with Crippen LogP contribution in [0.1, 0.15) is 16.0 Å². The second-order valence-corrected chi connectivity index (χ2v) is 5.72. The zero-order valence-electron chi connectivity index (χ0n) is 11.3. The molecule has 0 aliphatic rings. The van der Waals surface area contributed by atoms with Gasteiger partial charge in [-0.05, 0) is 48.1 Å². The number of aryl methyl sites for hydroxylation is 1. The minimum atomic E-state index is -0.584. The van der Waals surface area contributed by atoms with E-state index in [1.165, 1.54) is 5.56 Å². The van der Waals surface area contributed by atoms with Gasteiger partial charge in [0.25, 0.3) is 0 Å². The lowest BCUT2D eigenvalue weighted by Crippen LogP contribution is -2.41. The first-order valence-electron chi connectivity index (χ1n) is 6.40. The summed E-state index contributed by atoms with van der Waals surface area (Å²) in [5, 5.41) is 14.1. The molecule has 1 heterocycles. The van der Waals surface area contributed by atoms with E-state index in [2.05, 4.69) is 5.32 Å². The third kappa shape index (κ3) is 3.82. The van der Waals surface area contributed by atoms with Gasteiger partial charge in [0.05, 0.1) is 12.6 Å². The van der Waals surface area contributed by atoms with Crippen molar-refractivity contribution in [2.75, 3.05) is 0 Å². The monoisotopic (exact) mass is 290 g/mol. The minimum Gasteiger partial charge on any atom is -0.508 e. The van der Waals surface area contributed by atoms with Crippen LogP contribution in [0.25, 0.3) is 0 Å². The van der Waals surface area contributed by atoms with Gasteiger partial charge >= 0.3 is 0 Å². The van der Waals surface area contributed by atoms with Crippen molar-refractivity contribution in [3.63, 3.8) is 0 Å². The number of carbonyl (C=O) groups excluding carboxylic acids is 1. The largest absolute Gasteiger partial charge is 0.508 e. The van der Waals surface area contributed by atoms with Crippen molar-refractivity contribution in [3.05, 3.63) is 51.7 Å². The topological polar surface area (TPSA) is 75.4 Å². The molecule has 0 aliphatic carbocycles. The smallest absolute Gasteiger partial charge is 0.237 e. The Labute approximate surface area is 122 Å². The fraction of sp³-hybridized carbons (Fsp3) is 0.267. The van der Waals surface area contributed by atoms with E-state index in [0.29, 0.717) is 13.0 Å². The Morgan fingerprint density at radius 1 is 1.35 bits per heavy atom. The van der Waals surface area contributed by atoms with Crippen LogP contribution in [0, 0.1) is 6.92 Å². The van der Waals surface area contributed by atoms with Crippen molar-refractivity contribution in [3.8, 4) is 5.75 Å². The first kappa shape index (κ1) is 14.6. The van der Waals surface area contributed by atoms with Crippen molar-refractivity contribution >= 4 is 17.2 Å². The van der Waals surface area contributed by atoms with Crippen molar-refractivity contribution in [2.45, 2.75) is 25.9 Å².